The molecule has 0 radical (unpaired) electrons. The summed E-state index contributed by atoms with van der Waals surface area (Å²) in [7, 11) is 0. The summed E-state index contributed by atoms with van der Waals surface area (Å²) in [5, 5.41) is 5.53. The quantitative estimate of drug-likeness (QED) is 0.365. The van der Waals surface area contributed by atoms with Gasteiger partial charge in [0, 0.05) is 12.6 Å². The van der Waals surface area contributed by atoms with E-state index in [0.29, 0.717) is 18.5 Å². The Balaban J connectivity index is 2.49. The Morgan fingerprint density at radius 2 is 1.70 bits per heavy atom. The topological polar surface area (TPSA) is 131 Å². The summed E-state index contributed by atoms with van der Waals surface area (Å²) in [5.41, 5.74) is 7.28. The first kappa shape index (κ1) is 30.1. The minimum Gasteiger partial charge on any atom is -0.444 e. The number of nitrogens with two attached hydrogens (primary N) is 1. The molecule has 0 spiro atoms. The molecule has 9 heteroatoms. The number of amides is 4. The molecule has 1 aromatic carbocycles. The van der Waals surface area contributed by atoms with Gasteiger partial charge >= 0.3 is 6.09 Å². The van der Waals surface area contributed by atoms with Crippen LogP contribution in [0.3, 0.4) is 0 Å². The van der Waals surface area contributed by atoms with Crippen molar-refractivity contribution in [1.82, 2.24) is 15.5 Å². The summed E-state index contributed by atoms with van der Waals surface area (Å²) in [6.07, 6.45) is 2.31. The highest BCUT2D eigenvalue weighted by Crippen LogP contribution is 2.41. The summed E-state index contributed by atoms with van der Waals surface area (Å²) >= 11 is 0. The second-order valence-corrected chi connectivity index (χ2v) is 11.2. The third kappa shape index (κ3) is 9.37. The number of carbonyl (C=O) groups is 4. The van der Waals surface area contributed by atoms with E-state index in [1.165, 1.54) is 0 Å². The van der Waals surface area contributed by atoms with Crippen LogP contribution in [0.4, 0.5) is 4.79 Å². The Kier molecular flexibility index (Phi) is 10.5. The van der Waals surface area contributed by atoms with Gasteiger partial charge in [0.2, 0.25) is 17.7 Å². The number of benzene rings is 1. The maximum atomic E-state index is 14.0. The van der Waals surface area contributed by atoms with Crippen LogP contribution in [0.1, 0.15) is 89.5 Å². The monoisotopic (exact) mass is 516 g/mol. The van der Waals surface area contributed by atoms with Crippen molar-refractivity contribution in [2.45, 2.75) is 104 Å². The molecule has 2 rings (SSSR count). The third-order valence-corrected chi connectivity index (χ3v) is 6.24. The lowest BCUT2D eigenvalue weighted by molar-refractivity contribution is -0.144. The number of carbonyl (C=O) groups excluding carboxylic acids is 4. The van der Waals surface area contributed by atoms with Gasteiger partial charge in [0.1, 0.15) is 17.7 Å². The zero-order valence-electron chi connectivity index (χ0n) is 23.3. The van der Waals surface area contributed by atoms with Crippen molar-refractivity contribution < 1.29 is 23.9 Å². The molecule has 206 valence electrons. The summed E-state index contributed by atoms with van der Waals surface area (Å²) < 4.78 is 5.32. The van der Waals surface area contributed by atoms with Crippen LogP contribution < -0.4 is 16.4 Å². The summed E-state index contributed by atoms with van der Waals surface area (Å²) in [6.45, 7) is 13.6. The number of nitrogens with one attached hydrogen (secondary N) is 2. The van der Waals surface area contributed by atoms with E-state index in [2.05, 4.69) is 17.6 Å². The van der Waals surface area contributed by atoms with Gasteiger partial charge in [-0.05, 0) is 58.9 Å². The Hall–Kier alpha value is -3.10. The Labute approximate surface area is 220 Å². The van der Waals surface area contributed by atoms with Crippen molar-refractivity contribution in [3.8, 4) is 0 Å². The molecular formula is C28H44N4O5. The first-order valence-electron chi connectivity index (χ1n) is 13.2. The van der Waals surface area contributed by atoms with Crippen molar-refractivity contribution in [3.05, 3.63) is 34.9 Å². The summed E-state index contributed by atoms with van der Waals surface area (Å²) in [4.78, 5) is 53.7. The molecule has 4 N–H and O–H groups in total. The van der Waals surface area contributed by atoms with Crippen LogP contribution >= 0.6 is 0 Å². The van der Waals surface area contributed by atoms with Crippen molar-refractivity contribution in [3.63, 3.8) is 0 Å². The van der Waals surface area contributed by atoms with Gasteiger partial charge in [-0.1, -0.05) is 56.0 Å². The molecule has 1 aliphatic carbocycles. The van der Waals surface area contributed by atoms with Crippen LogP contribution in [0.15, 0.2) is 18.2 Å². The van der Waals surface area contributed by atoms with Crippen LogP contribution in [0.25, 0.3) is 0 Å². The van der Waals surface area contributed by atoms with Gasteiger partial charge in [-0.2, -0.15) is 0 Å². The fourth-order valence-electron chi connectivity index (χ4n) is 4.49. The molecule has 9 nitrogen and oxygen atoms in total. The number of rotatable bonds is 12. The lowest BCUT2D eigenvalue weighted by atomic mass is 9.97. The minimum absolute atomic E-state index is 0.168. The SMILES string of the molecule is CCCCCNC(=O)C(c1cc(C)cc(C)c1)N(C(=O)C(CC(N)=O)NC(=O)OC(C)(C)C)C1CC1C. The maximum Gasteiger partial charge on any atom is 0.408 e. The van der Waals surface area contributed by atoms with Gasteiger partial charge in [0.25, 0.3) is 0 Å². The number of ether oxygens (including phenoxy) is 1. The molecule has 37 heavy (non-hydrogen) atoms. The molecule has 1 saturated carbocycles. The standard InChI is InChI=1S/C28H44N4O5/c1-8-9-10-11-30-25(34)24(20-13-17(2)12-18(3)14-20)32(22-15-19(22)4)26(35)21(16-23(29)33)31-27(36)37-28(5,6)7/h12-14,19,21-22,24H,8-11,15-16H2,1-7H3,(H2,29,33)(H,30,34)(H,31,36). The van der Waals surface area contributed by atoms with Crippen LogP contribution in [0, 0.1) is 19.8 Å². The average molecular weight is 517 g/mol. The van der Waals surface area contributed by atoms with Gasteiger partial charge in [-0.25, -0.2) is 4.79 Å². The van der Waals surface area contributed by atoms with Crippen molar-refractivity contribution in [2.24, 2.45) is 11.7 Å². The van der Waals surface area contributed by atoms with Gasteiger partial charge in [0.15, 0.2) is 0 Å². The Morgan fingerprint density at radius 1 is 1.11 bits per heavy atom. The number of primary amides is 1. The van der Waals surface area contributed by atoms with Crippen LogP contribution in [-0.4, -0.2) is 52.9 Å². The number of nitrogens with zero attached hydrogens (tertiary/aromatic N) is 1. The summed E-state index contributed by atoms with van der Waals surface area (Å²) in [6, 6.07) is 3.42. The Bertz CT molecular complexity index is 967. The van der Waals surface area contributed by atoms with Gasteiger partial charge in [-0.3, -0.25) is 14.4 Å². The molecule has 0 aromatic heterocycles. The zero-order chi connectivity index (χ0) is 27.9. The highest BCUT2D eigenvalue weighted by Gasteiger charge is 2.48. The van der Waals surface area contributed by atoms with E-state index < -0.39 is 42.0 Å². The maximum absolute atomic E-state index is 14.0. The van der Waals surface area contributed by atoms with E-state index in [1.54, 1.807) is 25.7 Å². The van der Waals surface area contributed by atoms with Crippen molar-refractivity contribution in [2.75, 3.05) is 6.54 Å². The fraction of sp³-hybridized carbons (Fsp3) is 0.643. The first-order valence-corrected chi connectivity index (χ1v) is 13.2. The smallest absolute Gasteiger partial charge is 0.408 e. The number of unbranched alkanes of at least 4 members (excludes halogenated alkanes) is 2. The molecule has 1 aliphatic rings. The van der Waals surface area contributed by atoms with Gasteiger partial charge < -0.3 is 26.0 Å². The highest BCUT2D eigenvalue weighted by atomic mass is 16.6. The summed E-state index contributed by atoms with van der Waals surface area (Å²) in [5.74, 6) is -1.40. The molecule has 1 aromatic rings. The molecule has 0 saturated heterocycles. The molecule has 4 amide bonds. The largest absolute Gasteiger partial charge is 0.444 e. The zero-order valence-corrected chi connectivity index (χ0v) is 23.3. The molecule has 4 atom stereocenters. The van der Waals surface area contributed by atoms with E-state index in [1.807, 2.05) is 39.0 Å². The lowest BCUT2D eigenvalue weighted by Gasteiger charge is -2.35. The Morgan fingerprint density at radius 3 is 2.19 bits per heavy atom. The average Bonchev–Trinajstić information content (AvgIpc) is 3.47. The highest BCUT2D eigenvalue weighted by molar-refractivity contribution is 5.95. The number of alkyl carbamates (subject to hydrolysis) is 1. The fourth-order valence-corrected chi connectivity index (χ4v) is 4.49. The predicted octanol–water partition coefficient (Wildman–Crippen LogP) is 3.66. The van der Waals surface area contributed by atoms with E-state index >= 15 is 0 Å². The van der Waals surface area contributed by atoms with E-state index in [9.17, 15) is 19.2 Å². The molecule has 0 bridgehead atoms. The second-order valence-electron chi connectivity index (χ2n) is 11.2. The number of aryl methyl sites for hydroxylation is 2. The molecule has 1 fully saturated rings. The normalized spacial score (nSPS) is 18.4. The lowest BCUT2D eigenvalue weighted by Crippen LogP contribution is -2.55. The van der Waals surface area contributed by atoms with Crippen molar-refractivity contribution >= 4 is 23.8 Å². The number of hydrogen-bond donors (Lipinski definition) is 3. The van der Waals surface area contributed by atoms with Crippen LogP contribution in [-0.2, 0) is 19.1 Å². The van der Waals surface area contributed by atoms with Gasteiger partial charge in [-0.15, -0.1) is 0 Å². The molecule has 0 heterocycles. The second kappa shape index (κ2) is 12.9. The molecule has 4 unspecified atom stereocenters. The first-order chi connectivity index (χ1) is 17.2. The van der Waals surface area contributed by atoms with Crippen LogP contribution in [0.2, 0.25) is 0 Å². The predicted molar refractivity (Wildman–Crippen MR) is 143 cm³/mol. The van der Waals surface area contributed by atoms with E-state index in [-0.39, 0.29) is 17.9 Å². The van der Waals surface area contributed by atoms with Gasteiger partial charge in [0.05, 0.1) is 6.42 Å². The minimum atomic E-state index is -1.26. The molecular weight excluding hydrogens is 472 g/mol. The van der Waals surface area contributed by atoms with Crippen molar-refractivity contribution in [1.29, 1.82) is 0 Å². The number of hydrogen-bond acceptors (Lipinski definition) is 5. The van der Waals surface area contributed by atoms with E-state index in [4.69, 9.17) is 10.5 Å². The molecule has 0 aliphatic heterocycles. The third-order valence-electron chi connectivity index (χ3n) is 6.24. The van der Waals surface area contributed by atoms with E-state index in [0.717, 1.165) is 30.4 Å². The van der Waals surface area contributed by atoms with Crippen LogP contribution in [0.5, 0.6) is 0 Å².